The number of hydrogen-bond donors (Lipinski definition) is 0. The van der Waals surface area contributed by atoms with E-state index in [2.05, 4.69) is 98.9 Å². The maximum atomic E-state index is 12.7. The van der Waals surface area contributed by atoms with Crippen molar-refractivity contribution in [3.05, 3.63) is 85.1 Å². The first kappa shape index (κ1) is 56.7. The molecule has 0 aromatic carbocycles. The lowest BCUT2D eigenvalue weighted by atomic mass is 10.1. The molecule has 0 saturated carbocycles. The Morgan fingerprint density at radius 3 is 1.39 bits per heavy atom. The van der Waals surface area contributed by atoms with Crippen molar-refractivity contribution in [2.75, 3.05) is 54.1 Å². The van der Waals surface area contributed by atoms with Crippen LogP contribution in [0.5, 0.6) is 0 Å². The van der Waals surface area contributed by atoms with Crippen LogP contribution >= 0.6 is 7.82 Å². The second kappa shape index (κ2) is 42.4. The molecule has 0 rings (SSSR count). The summed E-state index contributed by atoms with van der Waals surface area (Å²) in [5.74, 6) is -0.352. The summed E-state index contributed by atoms with van der Waals surface area (Å²) in [6, 6.07) is 0. The summed E-state index contributed by atoms with van der Waals surface area (Å²) < 4.78 is 34.6. The molecular formula is C50H88NO7P. The quantitative estimate of drug-likeness (QED) is 0.0199. The molecule has 340 valence electrons. The van der Waals surface area contributed by atoms with E-state index in [-0.39, 0.29) is 25.8 Å². The van der Waals surface area contributed by atoms with Gasteiger partial charge in [-0.05, 0) is 83.5 Å². The number of phosphoric ester groups is 1. The van der Waals surface area contributed by atoms with Crippen molar-refractivity contribution < 1.29 is 37.3 Å². The molecule has 0 aliphatic carbocycles. The van der Waals surface area contributed by atoms with E-state index in [1.807, 2.05) is 21.1 Å². The van der Waals surface area contributed by atoms with Crippen LogP contribution in [0.15, 0.2) is 85.1 Å². The van der Waals surface area contributed by atoms with Crippen LogP contribution in [-0.2, 0) is 27.9 Å². The van der Waals surface area contributed by atoms with Gasteiger partial charge in [0, 0.05) is 13.0 Å². The molecule has 0 fully saturated rings. The van der Waals surface area contributed by atoms with Gasteiger partial charge in [-0.2, -0.15) is 0 Å². The van der Waals surface area contributed by atoms with E-state index in [9.17, 15) is 14.3 Å². The highest BCUT2D eigenvalue weighted by Gasteiger charge is 2.20. The average Bonchev–Trinajstić information content (AvgIpc) is 3.19. The number of nitrogens with zero attached hydrogens (tertiary/aromatic N) is 1. The Morgan fingerprint density at radius 1 is 0.525 bits per heavy atom. The number of phosphoric acid groups is 1. The van der Waals surface area contributed by atoms with Crippen LogP contribution in [0.25, 0.3) is 0 Å². The molecule has 0 aromatic heterocycles. The molecule has 0 aromatic rings. The number of hydrogen-bond acceptors (Lipinski definition) is 7. The molecule has 0 bridgehead atoms. The standard InChI is InChI=1S/C50H88NO7P/c1-6-8-10-12-14-16-18-20-22-24-25-26-28-30-32-34-36-38-40-42-45-55-47-49(48-57-59(53,54)56-46-44-51(3,4)5)58-50(52)43-41-39-37-35-33-31-29-27-23-21-19-17-15-13-11-9-7-2/h8-11,14-17,20-23,25-26,49H,6-7,12-13,18-19,24,27-48H2,1-5H3/b10-8-,11-9-,16-14-,17-15-,22-20-,23-21-,26-25-. The predicted octanol–water partition coefficient (Wildman–Crippen LogP) is 13.4. The van der Waals surface area contributed by atoms with E-state index >= 15 is 0 Å². The van der Waals surface area contributed by atoms with Gasteiger partial charge in [0.1, 0.15) is 19.3 Å². The number of quaternary nitrogens is 1. The smallest absolute Gasteiger partial charge is 0.306 e. The summed E-state index contributed by atoms with van der Waals surface area (Å²) in [5, 5.41) is 0. The third-order valence-electron chi connectivity index (χ3n) is 9.44. The third-order valence-corrected chi connectivity index (χ3v) is 10.4. The summed E-state index contributed by atoms with van der Waals surface area (Å²) in [6.45, 7) is 5.13. The topological polar surface area (TPSA) is 94.1 Å². The van der Waals surface area contributed by atoms with E-state index in [0.717, 1.165) is 103 Å². The van der Waals surface area contributed by atoms with Crippen molar-refractivity contribution in [1.29, 1.82) is 0 Å². The minimum Gasteiger partial charge on any atom is -0.756 e. The molecular weight excluding hydrogens is 758 g/mol. The molecule has 59 heavy (non-hydrogen) atoms. The Kier molecular flexibility index (Phi) is 40.7. The van der Waals surface area contributed by atoms with E-state index < -0.39 is 13.9 Å². The maximum Gasteiger partial charge on any atom is 0.306 e. The highest BCUT2D eigenvalue weighted by molar-refractivity contribution is 7.45. The molecule has 0 radical (unpaired) electrons. The number of rotatable bonds is 42. The van der Waals surface area contributed by atoms with Gasteiger partial charge in [0.2, 0.25) is 0 Å². The molecule has 8 nitrogen and oxygen atoms in total. The fraction of sp³-hybridized carbons (Fsp3) is 0.700. The lowest BCUT2D eigenvalue weighted by Crippen LogP contribution is -2.37. The molecule has 0 aliphatic heterocycles. The largest absolute Gasteiger partial charge is 0.756 e. The Labute approximate surface area is 363 Å². The molecule has 0 amide bonds. The number of ether oxygens (including phenoxy) is 2. The van der Waals surface area contributed by atoms with Gasteiger partial charge < -0.3 is 27.9 Å². The van der Waals surface area contributed by atoms with Crippen LogP contribution in [0.3, 0.4) is 0 Å². The maximum absolute atomic E-state index is 12.7. The first-order valence-electron chi connectivity index (χ1n) is 23.3. The molecule has 2 unspecified atom stereocenters. The highest BCUT2D eigenvalue weighted by atomic mass is 31.2. The van der Waals surface area contributed by atoms with Crippen LogP contribution in [0.1, 0.15) is 168 Å². The molecule has 0 heterocycles. The summed E-state index contributed by atoms with van der Waals surface area (Å²) in [5.41, 5.74) is 0. The van der Waals surface area contributed by atoms with Gasteiger partial charge in [0.05, 0.1) is 34.4 Å². The fourth-order valence-electron chi connectivity index (χ4n) is 5.90. The second-order valence-corrected chi connectivity index (χ2v) is 17.8. The molecule has 0 spiro atoms. The monoisotopic (exact) mass is 846 g/mol. The molecule has 0 saturated heterocycles. The Balaban J connectivity index is 4.25. The first-order chi connectivity index (χ1) is 28.6. The van der Waals surface area contributed by atoms with Crippen LogP contribution in [0.4, 0.5) is 0 Å². The predicted molar refractivity (Wildman–Crippen MR) is 249 cm³/mol. The minimum atomic E-state index is -4.54. The van der Waals surface area contributed by atoms with Crippen LogP contribution in [-0.4, -0.2) is 70.7 Å². The molecule has 0 N–H and O–H groups in total. The van der Waals surface area contributed by atoms with Gasteiger partial charge >= 0.3 is 5.97 Å². The van der Waals surface area contributed by atoms with Crippen molar-refractivity contribution in [2.45, 2.75) is 174 Å². The van der Waals surface area contributed by atoms with Crippen molar-refractivity contribution in [2.24, 2.45) is 0 Å². The zero-order chi connectivity index (χ0) is 43.4. The van der Waals surface area contributed by atoms with E-state index in [1.165, 1.54) is 44.9 Å². The van der Waals surface area contributed by atoms with Crippen LogP contribution < -0.4 is 4.89 Å². The van der Waals surface area contributed by atoms with Crippen LogP contribution in [0, 0.1) is 0 Å². The summed E-state index contributed by atoms with van der Waals surface area (Å²) in [7, 11) is 1.33. The number of unbranched alkanes of at least 4 members (excludes halogenated alkanes) is 14. The van der Waals surface area contributed by atoms with E-state index in [1.54, 1.807) is 0 Å². The Morgan fingerprint density at radius 2 is 0.932 bits per heavy atom. The van der Waals surface area contributed by atoms with Gasteiger partial charge in [-0.3, -0.25) is 9.36 Å². The zero-order valence-electron chi connectivity index (χ0n) is 38.4. The Bertz CT molecular complexity index is 1210. The van der Waals surface area contributed by atoms with Gasteiger partial charge in [0.25, 0.3) is 7.82 Å². The second-order valence-electron chi connectivity index (χ2n) is 16.3. The van der Waals surface area contributed by atoms with Gasteiger partial charge in [-0.1, -0.05) is 163 Å². The normalized spacial score (nSPS) is 14.5. The molecule has 2 atom stereocenters. The first-order valence-corrected chi connectivity index (χ1v) is 24.8. The number of carbonyl (C=O) groups is 1. The highest BCUT2D eigenvalue weighted by Crippen LogP contribution is 2.38. The van der Waals surface area contributed by atoms with Crippen molar-refractivity contribution >= 4 is 13.8 Å². The lowest BCUT2D eigenvalue weighted by Gasteiger charge is -2.28. The lowest BCUT2D eigenvalue weighted by molar-refractivity contribution is -0.870. The average molecular weight is 846 g/mol. The minimum absolute atomic E-state index is 0.0169. The zero-order valence-corrected chi connectivity index (χ0v) is 39.3. The number of allylic oxidation sites excluding steroid dienone is 14. The Hall–Kier alpha value is -2.32. The molecule has 0 aliphatic rings. The van der Waals surface area contributed by atoms with Crippen molar-refractivity contribution in [3.8, 4) is 0 Å². The van der Waals surface area contributed by atoms with Gasteiger partial charge in [-0.15, -0.1) is 0 Å². The van der Waals surface area contributed by atoms with Crippen molar-refractivity contribution in [3.63, 3.8) is 0 Å². The third kappa shape index (κ3) is 46.6. The summed E-state index contributed by atoms with van der Waals surface area (Å²) in [4.78, 5) is 25.1. The van der Waals surface area contributed by atoms with Gasteiger partial charge in [-0.25, -0.2) is 0 Å². The van der Waals surface area contributed by atoms with Crippen molar-refractivity contribution in [1.82, 2.24) is 0 Å². The summed E-state index contributed by atoms with van der Waals surface area (Å²) >= 11 is 0. The number of carbonyl (C=O) groups excluding carboxylic acids is 1. The van der Waals surface area contributed by atoms with E-state index in [4.69, 9.17) is 18.5 Å². The number of esters is 1. The summed E-state index contributed by atoms with van der Waals surface area (Å²) in [6.07, 6.45) is 55.9. The molecule has 9 heteroatoms. The van der Waals surface area contributed by atoms with E-state index in [0.29, 0.717) is 24.1 Å². The SMILES string of the molecule is CC/C=C\C/C=C\C/C=C\C/C=C\CCCCCCCCCOCC(COP(=O)([O-])OCC[N+](C)(C)C)OC(=O)CCCCCCCCC/C=C\C/C=C\C/C=C\CC. The number of likely N-dealkylation sites (N-methyl/N-ethyl adjacent to an activating group) is 1. The fourth-order valence-corrected chi connectivity index (χ4v) is 6.63. The van der Waals surface area contributed by atoms with Gasteiger partial charge in [0.15, 0.2) is 0 Å². The van der Waals surface area contributed by atoms with Crippen LogP contribution in [0.2, 0.25) is 0 Å².